The highest BCUT2D eigenvalue weighted by Crippen LogP contribution is 2.24. The molecule has 1 aromatic heterocycles. The third-order valence-corrected chi connectivity index (χ3v) is 3.55. The van der Waals surface area contributed by atoms with E-state index in [1.54, 1.807) is 18.3 Å². The molecular formula is C13H15BrN2O2. The summed E-state index contributed by atoms with van der Waals surface area (Å²) in [5, 5.41) is 0. The molecule has 0 saturated carbocycles. The number of aromatic nitrogens is 1. The fourth-order valence-electron chi connectivity index (χ4n) is 2.27. The summed E-state index contributed by atoms with van der Waals surface area (Å²) in [7, 11) is 0. The number of pyridine rings is 1. The second-order valence-corrected chi connectivity index (χ2v) is 5.35. The second kappa shape index (κ2) is 5.61. The molecule has 1 atom stereocenters. The smallest absolute Gasteiger partial charge is 0.260 e. The van der Waals surface area contributed by atoms with Crippen LogP contribution in [0.1, 0.15) is 36.5 Å². The van der Waals surface area contributed by atoms with E-state index >= 15 is 0 Å². The largest absolute Gasteiger partial charge is 0.278 e. The average Bonchev–Trinajstić information content (AvgIpc) is 2.70. The first-order valence-electron chi connectivity index (χ1n) is 6.08. The lowest BCUT2D eigenvalue weighted by molar-refractivity contribution is -0.125. The van der Waals surface area contributed by atoms with Crippen LogP contribution in [-0.2, 0) is 4.79 Å². The minimum atomic E-state index is -0.221. The number of carbonyl (C=O) groups excluding carboxylic acids is 2. The number of likely N-dealkylation sites (tertiary alicyclic amines) is 1. The van der Waals surface area contributed by atoms with E-state index in [1.165, 1.54) is 4.90 Å². The molecule has 2 rings (SSSR count). The van der Waals surface area contributed by atoms with E-state index in [-0.39, 0.29) is 11.8 Å². The molecule has 1 saturated heterocycles. The van der Waals surface area contributed by atoms with Crippen LogP contribution in [0.15, 0.2) is 22.9 Å². The average molecular weight is 311 g/mol. The number of amides is 2. The van der Waals surface area contributed by atoms with Gasteiger partial charge in [0.25, 0.3) is 5.91 Å². The van der Waals surface area contributed by atoms with Crippen molar-refractivity contribution in [3.8, 4) is 0 Å². The Kier molecular flexibility index (Phi) is 4.11. The van der Waals surface area contributed by atoms with Crippen molar-refractivity contribution in [1.29, 1.82) is 0 Å². The van der Waals surface area contributed by atoms with Crippen molar-refractivity contribution >= 4 is 27.7 Å². The van der Waals surface area contributed by atoms with Crippen LogP contribution in [0.3, 0.4) is 0 Å². The standard InChI is InChI=1S/C13H15BrN2O2/c1-2-3-9-6-12(17)16(8-9)13(18)10-4-5-15-11(14)7-10/h4-5,7,9H,2-3,6,8H2,1H3. The van der Waals surface area contributed by atoms with E-state index in [4.69, 9.17) is 0 Å². The van der Waals surface area contributed by atoms with Gasteiger partial charge in [-0.05, 0) is 40.4 Å². The fourth-order valence-corrected chi connectivity index (χ4v) is 2.64. The predicted octanol–water partition coefficient (Wildman–Crippen LogP) is 2.63. The van der Waals surface area contributed by atoms with E-state index in [9.17, 15) is 9.59 Å². The Morgan fingerprint density at radius 3 is 3.06 bits per heavy atom. The van der Waals surface area contributed by atoms with Crippen molar-refractivity contribution in [3.05, 3.63) is 28.5 Å². The van der Waals surface area contributed by atoms with Gasteiger partial charge >= 0.3 is 0 Å². The van der Waals surface area contributed by atoms with Crippen LogP contribution in [0, 0.1) is 5.92 Å². The van der Waals surface area contributed by atoms with E-state index in [0.717, 1.165) is 12.8 Å². The van der Waals surface area contributed by atoms with E-state index < -0.39 is 0 Å². The lowest BCUT2D eigenvalue weighted by atomic mass is 10.0. The molecule has 5 heteroatoms. The Balaban J connectivity index is 2.12. The molecule has 96 valence electrons. The van der Waals surface area contributed by atoms with Crippen LogP contribution in [0.5, 0.6) is 0 Å². The van der Waals surface area contributed by atoms with Crippen LogP contribution in [-0.4, -0.2) is 28.2 Å². The summed E-state index contributed by atoms with van der Waals surface area (Å²) < 4.78 is 0.602. The first kappa shape index (κ1) is 13.2. The Bertz CT molecular complexity index is 476. The molecule has 2 amide bonds. The molecule has 0 bridgehead atoms. The number of rotatable bonds is 3. The van der Waals surface area contributed by atoms with Gasteiger partial charge in [-0.2, -0.15) is 0 Å². The number of nitrogens with zero attached hydrogens (tertiary/aromatic N) is 2. The van der Waals surface area contributed by atoms with Gasteiger partial charge < -0.3 is 0 Å². The molecule has 1 aliphatic rings. The zero-order chi connectivity index (χ0) is 13.1. The van der Waals surface area contributed by atoms with Crippen LogP contribution < -0.4 is 0 Å². The highest BCUT2D eigenvalue weighted by molar-refractivity contribution is 9.10. The van der Waals surface area contributed by atoms with Crippen LogP contribution in [0.25, 0.3) is 0 Å². The van der Waals surface area contributed by atoms with Crippen molar-refractivity contribution in [1.82, 2.24) is 9.88 Å². The van der Waals surface area contributed by atoms with Gasteiger partial charge in [0.2, 0.25) is 5.91 Å². The van der Waals surface area contributed by atoms with Crippen molar-refractivity contribution in [3.63, 3.8) is 0 Å². The maximum atomic E-state index is 12.2. The third kappa shape index (κ3) is 2.77. The van der Waals surface area contributed by atoms with Gasteiger partial charge in [-0.15, -0.1) is 0 Å². The molecule has 1 unspecified atom stereocenters. The summed E-state index contributed by atoms with van der Waals surface area (Å²) in [6, 6.07) is 3.27. The number of imide groups is 1. The highest BCUT2D eigenvalue weighted by Gasteiger charge is 2.33. The maximum absolute atomic E-state index is 12.2. The van der Waals surface area contributed by atoms with Gasteiger partial charge in [0.05, 0.1) is 0 Å². The summed E-state index contributed by atoms with van der Waals surface area (Å²) >= 11 is 3.22. The van der Waals surface area contributed by atoms with Crippen molar-refractivity contribution < 1.29 is 9.59 Å². The minimum Gasteiger partial charge on any atom is -0.278 e. The molecule has 0 N–H and O–H groups in total. The Labute approximate surface area is 115 Å². The van der Waals surface area contributed by atoms with Crippen LogP contribution in [0.2, 0.25) is 0 Å². The number of carbonyl (C=O) groups is 2. The molecular weight excluding hydrogens is 296 g/mol. The van der Waals surface area contributed by atoms with E-state index in [0.29, 0.717) is 29.1 Å². The molecule has 0 aromatic carbocycles. The number of halogens is 1. The van der Waals surface area contributed by atoms with E-state index in [2.05, 4.69) is 27.8 Å². The first-order chi connectivity index (χ1) is 8.61. The summed E-state index contributed by atoms with van der Waals surface area (Å²) in [6.45, 7) is 2.64. The van der Waals surface area contributed by atoms with Gasteiger partial charge in [-0.25, -0.2) is 4.98 Å². The Morgan fingerprint density at radius 2 is 2.39 bits per heavy atom. The summed E-state index contributed by atoms with van der Waals surface area (Å²) in [5.41, 5.74) is 0.502. The molecule has 1 fully saturated rings. The SMILES string of the molecule is CCCC1CC(=O)N(C(=O)c2ccnc(Br)c2)C1. The highest BCUT2D eigenvalue weighted by atomic mass is 79.9. The molecule has 0 spiro atoms. The maximum Gasteiger partial charge on any atom is 0.260 e. The third-order valence-electron chi connectivity index (χ3n) is 3.12. The predicted molar refractivity (Wildman–Crippen MR) is 71.0 cm³/mol. The normalized spacial score (nSPS) is 19.3. The molecule has 1 aliphatic heterocycles. The summed E-state index contributed by atoms with van der Waals surface area (Å²) in [6.07, 6.45) is 4.09. The van der Waals surface area contributed by atoms with Gasteiger partial charge in [0, 0.05) is 24.7 Å². The van der Waals surface area contributed by atoms with Crippen molar-refractivity contribution in [2.75, 3.05) is 6.54 Å². The van der Waals surface area contributed by atoms with E-state index in [1.807, 2.05) is 0 Å². The monoisotopic (exact) mass is 310 g/mol. The zero-order valence-electron chi connectivity index (χ0n) is 10.2. The first-order valence-corrected chi connectivity index (χ1v) is 6.87. The van der Waals surface area contributed by atoms with Crippen LogP contribution in [0.4, 0.5) is 0 Å². The topological polar surface area (TPSA) is 50.3 Å². The van der Waals surface area contributed by atoms with Gasteiger partial charge in [0.1, 0.15) is 4.60 Å². The molecule has 0 aliphatic carbocycles. The zero-order valence-corrected chi connectivity index (χ0v) is 11.8. The van der Waals surface area contributed by atoms with Gasteiger partial charge in [-0.1, -0.05) is 13.3 Å². The fraction of sp³-hybridized carbons (Fsp3) is 0.462. The molecule has 0 radical (unpaired) electrons. The number of hydrogen-bond acceptors (Lipinski definition) is 3. The summed E-state index contributed by atoms with van der Waals surface area (Å²) in [5.74, 6) is 0.0322. The minimum absolute atomic E-state index is 0.0635. The molecule has 1 aromatic rings. The lowest BCUT2D eigenvalue weighted by Crippen LogP contribution is -2.32. The number of hydrogen-bond donors (Lipinski definition) is 0. The molecule has 2 heterocycles. The Morgan fingerprint density at radius 1 is 1.61 bits per heavy atom. The van der Waals surface area contributed by atoms with Crippen LogP contribution >= 0.6 is 15.9 Å². The molecule has 18 heavy (non-hydrogen) atoms. The second-order valence-electron chi connectivity index (χ2n) is 4.54. The quantitative estimate of drug-likeness (QED) is 0.637. The summed E-state index contributed by atoms with van der Waals surface area (Å²) in [4.78, 5) is 29.4. The van der Waals surface area contributed by atoms with Gasteiger partial charge in [0.15, 0.2) is 0 Å². The van der Waals surface area contributed by atoms with Crippen molar-refractivity contribution in [2.45, 2.75) is 26.2 Å². The Hall–Kier alpha value is -1.23. The lowest BCUT2D eigenvalue weighted by Gasteiger charge is -2.14. The van der Waals surface area contributed by atoms with Gasteiger partial charge in [-0.3, -0.25) is 14.5 Å². The van der Waals surface area contributed by atoms with Crippen molar-refractivity contribution in [2.24, 2.45) is 5.92 Å². The molecule has 4 nitrogen and oxygen atoms in total.